The lowest BCUT2D eigenvalue weighted by Gasteiger charge is -2.09. The molecule has 1 amide bonds. The number of benzene rings is 1. The Balaban J connectivity index is 2.17. The van der Waals surface area contributed by atoms with Crippen LogP contribution in [0.25, 0.3) is 10.1 Å². The summed E-state index contributed by atoms with van der Waals surface area (Å²) in [7, 11) is 0. The summed E-state index contributed by atoms with van der Waals surface area (Å²) in [6.07, 6.45) is 5.76. The van der Waals surface area contributed by atoms with Crippen LogP contribution in [0.3, 0.4) is 0 Å². The van der Waals surface area contributed by atoms with Gasteiger partial charge in [0.05, 0.1) is 4.88 Å². The molecule has 86 valence electrons. The summed E-state index contributed by atoms with van der Waals surface area (Å²) in [4.78, 5) is 12.7. The first-order chi connectivity index (χ1) is 8.20. The third-order valence-electron chi connectivity index (χ3n) is 2.45. The van der Waals surface area contributed by atoms with Gasteiger partial charge < -0.3 is 5.32 Å². The Morgan fingerprint density at radius 2 is 2.29 bits per heavy atom. The Morgan fingerprint density at radius 1 is 1.53 bits per heavy atom. The third-order valence-corrected chi connectivity index (χ3v) is 3.57. The summed E-state index contributed by atoms with van der Waals surface area (Å²) < 4.78 is 1.13. The van der Waals surface area contributed by atoms with Crippen LogP contribution in [-0.4, -0.2) is 11.9 Å². The smallest absolute Gasteiger partial charge is 0.261 e. The number of carbonyl (C=O) groups excluding carboxylic acids is 1. The van der Waals surface area contributed by atoms with Crippen molar-refractivity contribution in [1.82, 2.24) is 5.32 Å². The van der Waals surface area contributed by atoms with Crippen molar-refractivity contribution in [2.75, 3.05) is 0 Å². The van der Waals surface area contributed by atoms with Gasteiger partial charge in [0.1, 0.15) is 0 Å². The predicted octanol–water partition coefficient (Wildman–Crippen LogP) is 3.04. The summed E-state index contributed by atoms with van der Waals surface area (Å²) in [5.41, 5.74) is 0. The molecular weight excluding hydrogens is 230 g/mol. The number of fused-ring (bicyclic) bond motifs is 1. The Kier molecular flexibility index (Phi) is 3.46. The van der Waals surface area contributed by atoms with E-state index in [0.29, 0.717) is 6.42 Å². The Hall–Kier alpha value is -1.79. The highest BCUT2D eigenvalue weighted by Crippen LogP contribution is 2.25. The van der Waals surface area contributed by atoms with Crippen molar-refractivity contribution < 1.29 is 4.79 Å². The third kappa shape index (κ3) is 2.66. The van der Waals surface area contributed by atoms with Crippen molar-refractivity contribution in [2.45, 2.75) is 19.4 Å². The van der Waals surface area contributed by atoms with Gasteiger partial charge in [0.25, 0.3) is 5.91 Å². The van der Waals surface area contributed by atoms with Gasteiger partial charge in [-0.3, -0.25) is 4.79 Å². The van der Waals surface area contributed by atoms with Gasteiger partial charge in [0, 0.05) is 17.2 Å². The summed E-state index contributed by atoms with van der Waals surface area (Å²) in [5.74, 6) is 2.49. The zero-order valence-corrected chi connectivity index (χ0v) is 10.4. The summed E-state index contributed by atoms with van der Waals surface area (Å²) in [6.45, 7) is 1.91. The maximum absolute atomic E-state index is 11.9. The van der Waals surface area contributed by atoms with Gasteiger partial charge in [0.15, 0.2) is 0 Å². The molecule has 2 nitrogen and oxygen atoms in total. The van der Waals surface area contributed by atoms with Crippen LogP contribution in [0.4, 0.5) is 0 Å². The van der Waals surface area contributed by atoms with Crippen LogP contribution in [-0.2, 0) is 0 Å². The normalized spacial score (nSPS) is 12.0. The van der Waals surface area contributed by atoms with E-state index in [4.69, 9.17) is 6.42 Å². The standard InChI is InChI=1S/C14H13NOS/c1-3-6-10(2)15-14(16)13-9-11-7-4-5-8-12(11)17-13/h1,4-5,7-10H,6H2,2H3,(H,15,16). The van der Waals surface area contributed by atoms with Crippen LogP contribution in [0.5, 0.6) is 0 Å². The second kappa shape index (κ2) is 5.03. The molecule has 3 heteroatoms. The quantitative estimate of drug-likeness (QED) is 0.825. The first-order valence-corrected chi connectivity index (χ1v) is 6.25. The number of thiophene rings is 1. The van der Waals surface area contributed by atoms with E-state index < -0.39 is 0 Å². The van der Waals surface area contributed by atoms with Crippen LogP contribution in [0, 0.1) is 12.3 Å². The molecule has 0 aliphatic rings. The fraction of sp³-hybridized carbons (Fsp3) is 0.214. The molecule has 0 aliphatic carbocycles. The fourth-order valence-electron chi connectivity index (χ4n) is 1.62. The lowest BCUT2D eigenvalue weighted by atomic mass is 10.2. The van der Waals surface area contributed by atoms with Crippen LogP contribution in [0.1, 0.15) is 23.0 Å². The van der Waals surface area contributed by atoms with Crippen molar-refractivity contribution >= 4 is 27.3 Å². The minimum atomic E-state index is -0.0473. The van der Waals surface area contributed by atoms with Crippen LogP contribution in [0.15, 0.2) is 30.3 Å². The van der Waals surface area contributed by atoms with Gasteiger partial charge in [-0.2, -0.15) is 0 Å². The van der Waals surface area contributed by atoms with E-state index >= 15 is 0 Å². The van der Waals surface area contributed by atoms with E-state index in [2.05, 4.69) is 11.2 Å². The maximum Gasteiger partial charge on any atom is 0.261 e. The lowest BCUT2D eigenvalue weighted by Crippen LogP contribution is -2.31. The van der Waals surface area contributed by atoms with E-state index in [9.17, 15) is 4.79 Å². The summed E-state index contributed by atoms with van der Waals surface area (Å²) >= 11 is 1.50. The minimum Gasteiger partial charge on any atom is -0.348 e. The summed E-state index contributed by atoms with van der Waals surface area (Å²) in [6, 6.07) is 9.89. The molecule has 1 unspecified atom stereocenters. The molecule has 1 N–H and O–H groups in total. The largest absolute Gasteiger partial charge is 0.348 e. The molecular formula is C14H13NOS. The lowest BCUT2D eigenvalue weighted by molar-refractivity contribution is 0.0945. The topological polar surface area (TPSA) is 29.1 Å². The van der Waals surface area contributed by atoms with E-state index in [1.165, 1.54) is 11.3 Å². The molecule has 1 atom stereocenters. The molecule has 1 aromatic heterocycles. The molecule has 0 fully saturated rings. The monoisotopic (exact) mass is 243 g/mol. The van der Waals surface area contributed by atoms with E-state index in [1.54, 1.807) is 0 Å². The van der Waals surface area contributed by atoms with Crippen molar-refractivity contribution in [2.24, 2.45) is 0 Å². The SMILES string of the molecule is C#CCC(C)NC(=O)c1cc2ccccc2s1. The average Bonchev–Trinajstić information content (AvgIpc) is 2.72. The van der Waals surface area contributed by atoms with Gasteiger partial charge in [-0.05, 0) is 24.4 Å². The molecule has 17 heavy (non-hydrogen) atoms. The predicted molar refractivity (Wildman–Crippen MR) is 72.2 cm³/mol. The van der Waals surface area contributed by atoms with Crippen LogP contribution >= 0.6 is 11.3 Å². The minimum absolute atomic E-state index is 0.0118. The Labute approximate surface area is 105 Å². The molecule has 0 bridgehead atoms. The van der Waals surface area contributed by atoms with Gasteiger partial charge in [-0.1, -0.05) is 18.2 Å². The highest BCUT2D eigenvalue weighted by molar-refractivity contribution is 7.20. The van der Waals surface area contributed by atoms with Gasteiger partial charge in [-0.25, -0.2) is 0 Å². The van der Waals surface area contributed by atoms with E-state index in [-0.39, 0.29) is 11.9 Å². The molecule has 0 saturated heterocycles. The average molecular weight is 243 g/mol. The molecule has 1 aromatic carbocycles. The molecule has 2 rings (SSSR count). The van der Waals surface area contributed by atoms with Crippen molar-refractivity contribution in [1.29, 1.82) is 0 Å². The number of amides is 1. The number of terminal acetylenes is 1. The molecule has 1 heterocycles. The number of hydrogen-bond acceptors (Lipinski definition) is 2. The molecule has 0 aliphatic heterocycles. The Morgan fingerprint density at radius 3 is 3.00 bits per heavy atom. The highest BCUT2D eigenvalue weighted by atomic mass is 32.1. The van der Waals surface area contributed by atoms with Crippen LogP contribution < -0.4 is 5.32 Å². The van der Waals surface area contributed by atoms with Crippen LogP contribution in [0.2, 0.25) is 0 Å². The number of rotatable bonds is 3. The first kappa shape index (κ1) is 11.7. The zero-order chi connectivity index (χ0) is 12.3. The summed E-state index contributed by atoms with van der Waals surface area (Å²) in [5, 5.41) is 3.99. The molecule has 0 saturated carbocycles. The van der Waals surface area contributed by atoms with Gasteiger partial charge in [-0.15, -0.1) is 23.7 Å². The maximum atomic E-state index is 11.9. The highest BCUT2D eigenvalue weighted by Gasteiger charge is 2.11. The van der Waals surface area contributed by atoms with Crippen molar-refractivity contribution in [3.8, 4) is 12.3 Å². The number of carbonyl (C=O) groups is 1. The number of nitrogens with one attached hydrogen (secondary N) is 1. The zero-order valence-electron chi connectivity index (χ0n) is 9.57. The molecule has 0 radical (unpaired) electrons. The first-order valence-electron chi connectivity index (χ1n) is 5.43. The Bertz CT molecular complexity index is 546. The van der Waals surface area contributed by atoms with Crippen molar-refractivity contribution in [3.05, 3.63) is 35.2 Å². The van der Waals surface area contributed by atoms with E-state index in [0.717, 1.165) is 15.0 Å². The van der Waals surface area contributed by atoms with Gasteiger partial charge in [0.2, 0.25) is 0 Å². The van der Waals surface area contributed by atoms with E-state index in [1.807, 2.05) is 37.3 Å². The van der Waals surface area contributed by atoms with Gasteiger partial charge >= 0.3 is 0 Å². The second-order valence-electron chi connectivity index (χ2n) is 3.93. The fourth-order valence-corrected chi connectivity index (χ4v) is 2.58. The molecule has 0 spiro atoms. The second-order valence-corrected chi connectivity index (χ2v) is 5.02. The van der Waals surface area contributed by atoms with Crippen molar-refractivity contribution in [3.63, 3.8) is 0 Å². The molecule has 2 aromatic rings. The number of hydrogen-bond donors (Lipinski definition) is 1.